The zero-order valence-corrected chi connectivity index (χ0v) is 26.0. The number of hydrogen-bond acceptors (Lipinski definition) is 11. The number of ketones is 2. The summed E-state index contributed by atoms with van der Waals surface area (Å²) >= 11 is 0. The lowest BCUT2D eigenvalue weighted by Crippen LogP contribution is -2.39. The minimum absolute atomic E-state index is 0.0408. The van der Waals surface area contributed by atoms with E-state index in [1.165, 1.54) is 33.3 Å². The van der Waals surface area contributed by atoms with Crippen molar-refractivity contribution in [3.63, 3.8) is 0 Å². The quantitative estimate of drug-likeness (QED) is 0.173. The van der Waals surface area contributed by atoms with E-state index in [-0.39, 0.29) is 47.8 Å². The highest BCUT2D eigenvalue weighted by Gasteiger charge is 2.33. The molecule has 0 aromatic rings. The van der Waals surface area contributed by atoms with Crippen molar-refractivity contribution >= 4 is 23.6 Å². The fraction of sp³-hybridized carbons (Fsp3) is 0.548. The molecule has 0 saturated carbocycles. The van der Waals surface area contributed by atoms with Gasteiger partial charge in [0.25, 0.3) is 5.91 Å². The van der Waals surface area contributed by atoms with Gasteiger partial charge in [0.15, 0.2) is 6.10 Å². The van der Waals surface area contributed by atoms with Gasteiger partial charge in [-0.05, 0) is 38.2 Å². The smallest absolute Gasteiger partial charge is 0.405 e. The van der Waals surface area contributed by atoms with E-state index in [0.29, 0.717) is 5.57 Å². The van der Waals surface area contributed by atoms with E-state index < -0.39 is 66.6 Å². The van der Waals surface area contributed by atoms with Crippen LogP contribution < -0.4 is 16.4 Å². The van der Waals surface area contributed by atoms with Crippen LogP contribution in [0.1, 0.15) is 40.5 Å². The highest BCUT2D eigenvalue weighted by Crippen LogP contribution is 2.29. The first kappa shape index (κ1) is 36.6. The van der Waals surface area contributed by atoms with Crippen LogP contribution in [0.4, 0.5) is 4.79 Å². The van der Waals surface area contributed by atoms with Crippen LogP contribution in [-0.2, 0) is 28.6 Å². The Kier molecular flexibility index (Phi) is 14.1. The minimum Gasteiger partial charge on any atom is -0.439 e. The maximum atomic E-state index is 13.6. The van der Waals surface area contributed by atoms with Crippen LogP contribution in [0.2, 0.25) is 0 Å². The summed E-state index contributed by atoms with van der Waals surface area (Å²) in [6.45, 7) is 6.09. The molecule has 0 saturated heterocycles. The number of nitrogens with one attached hydrogen (secondary N) is 2. The Balaban J connectivity index is 2.62. The molecular weight excluding hydrogens is 574 g/mol. The molecule has 2 bridgehead atoms. The fourth-order valence-corrected chi connectivity index (χ4v) is 5.06. The number of amides is 2. The molecule has 0 aromatic carbocycles. The van der Waals surface area contributed by atoms with Crippen LogP contribution >= 0.6 is 0 Å². The molecule has 0 fully saturated rings. The number of fused-ring (bicyclic) bond motifs is 2. The molecule has 13 nitrogen and oxygen atoms in total. The summed E-state index contributed by atoms with van der Waals surface area (Å²) in [4.78, 5) is 51.5. The van der Waals surface area contributed by atoms with Gasteiger partial charge in [0, 0.05) is 43.9 Å². The van der Waals surface area contributed by atoms with Gasteiger partial charge in [-0.1, -0.05) is 38.2 Å². The lowest BCUT2D eigenvalue weighted by molar-refractivity contribution is -0.120. The number of methoxy groups -OCH3 is 2. The Bertz CT molecular complexity index is 1230. The van der Waals surface area contributed by atoms with Crippen LogP contribution in [0.3, 0.4) is 0 Å². The van der Waals surface area contributed by atoms with Gasteiger partial charge in [-0.15, -0.1) is 0 Å². The Hall–Kier alpha value is -3.62. The zero-order valence-electron chi connectivity index (χ0n) is 26.0. The summed E-state index contributed by atoms with van der Waals surface area (Å²) in [7, 11) is 2.86. The molecule has 2 aliphatic rings. The zero-order chi connectivity index (χ0) is 33.1. The number of carbonyl (C=O) groups excluding carboxylic acids is 4. The molecule has 13 heteroatoms. The molecule has 44 heavy (non-hydrogen) atoms. The SMILES string of the molecule is CO[C@H]1/C=C\C=C(/C)C(=O)NC2=CC(=O)C(NC[C@H](O)CO)=C(C[C@@H](C)C[C@H](OC)[C@H](O)[C@@H](C)/C=C(\C)[C@@H]1OC(N)=O)C2=O. The number of ether oxygens (including phenoxy) is 3. The number of allylic oxidation sites excluding steroid dienone is 4. The normalized spacial score (nSPS) is 31.6. The van der Waals surface area contributed by atoms with E-state index in [4.69, 9.17) is 19.9 Å². The van der Waals surface area contributed by atoms with Gasteiger partial charge < -0.3 is 45.9 Å². The lowest BCUT2D eigenvalue weighted by Gasteiger charge is -2.30. The highest BCUT2D eigenvalue weighted by molar-refractivity contribution is 6.23. The molecule has 2 rings (SSSR count). The van der Waals surface area contributed by atoms with Crippen molar-refractivity contribution in [2.45, 2.75) is 71.1 Å². The number of hydrogen-bond donors (Lipinski definition) is 6. The first-order chi connectivity index (χ1) is 20.7. The molecule has 1 aliphatic carbocycles. The predicted molar refractivity (Wildman–Crippen MR) is 161 cm³/mol. The van der Waals surface area contributed by atoms with Crippen molar-refractivity contribution in [1.29, 1.82) is 0 Å². The van der Waals surface area contributed by atoms with Gasteiger partial charge in [0.05, 0.1) is 36.3 Å². The summed E-state index contributed by atoms with van der Waals surface area (Å²) in [5.74, 6) is -2.58. The third-order valence-electron chi connectivity index (χ3n) is 7.52. The van der Waals surface area contributed by atoms with Crippen LogP contribution in [0.25, 0.3) is 0 Å². The number of rotatable bonds is 7. The van der Waals surface area contributed by atoms with Crippen LogP contribution in [0, 0.1) is 11.8 Å². The number of aliphatic hydroxyl groups excluding tert-OH is 3. The minimum atomic E-state index is -1.17. The Labute approximate surface area is 257 Å². The summed E-state index contributed by atoms with van der Waals surface area (Å²) in [6, 6.07) is 0. The van der Waals surface area contributed by atoms with Crippen LogP contribution in [-0.4, -0.2) is 96.8 Å². The Morgan fingerprint density at radius 2 is 1.86 bits per heavy atom. The van der Waals surface area contributed by atoms with Crippen molar-refractivity contribution in [2.75, 3.05) is 27.4 Å². The first-order valence-corrected chi connectivity index (χ1v) is 14.3. The highest BCUT2D eigenvalue weighted by atomic mass is 16.6. The molecule has 7 N–H and O–H groups in total. The molecule has 1 heterocycles. The van der Waals surface area contributed by atoms with Crippen molar-refractivity contribution in [2.24, 2.45) is 17.6 Å². The third-order valence-corrected chi connectivity index (χ3v) is 7.52. The van der Waals surface area contributed by atoms with Gasteiger partial charge in [-0.2, -0.15) is 0 Å². The second-order valence-corrected chi connectivity index (χ2v) is 11.1. The van der Waals surface area contributed by atoms with Crippen molar-refractivity contribution in [3.05, 3.63) is 58.5 Å². The number of aliphatic hydroxyl groups is 3. The molecule has 244 valence electrons. The Morgan fingerprint density at radius 1 is 1.18 bits per heavy atom. The molecule has 1 aliphatic heterocycles. The second-order valence-electron chi connectivity index (χ2n) is 11.1. The third kappa shape index (κ3) is 9.96. The van der Waals surface area contributed by atoms with E-state index in [0.717, 1.165) is 6.08 Å². The average molecular weight is 620 g/mol. The van der Waals surface area contributed by atoms with E-state index in [1.54, 1.807) is 26.0 Å². The molecule has 0 aromatic heterocycles. The standard InChI is InChI=1S/C31H45N3O10/c1-16-10-21-26(33-14-20(36)15-35)23(37)13-22(28(21)39)34-30(40)17(2)8-7-9-24(42-5)29(44-31(32)41)19(4)12-18(3)27(38)25(11-16)43-6/h7-9,12-13,16,18,20,24-25,27,29,33,35-36,38H,10-11,14-15H2,1-6H3,(H2,32,41)(H,34,40)/b9-7-,17-8+,19-12+/t16-,18+,20+,24+,25+,27-,29+/m1/s1. The summed E-state index contributed by atoms with van der Waals surface area (Å²) < 4.78 is 16.5. The number of Topliss-reactive ketones (excluding diaryl/α,β-unsaturated/α-hetero) is 1. The summed E-state index contributed by atoms with van der Waals surface area (Å²) in [5.41, 5.74) is 5.92. The topological polar surface area (TPSA) is 207 Å². The fourth-order valence-electron chi connectivity index (χ4n) is 5.06. The van der Waals surface area contributed by atoms with Gasteiger partial charge in [-0.25, -0.2) is 4.79 Å². The largest absolute Gasteiger partial charge is 0.439 e. The molecule has 0 unspecified atom stereocenters. The van der Waals surface area contributed by atoms with E-state index in [2.05, 4.69) is 10.6 Å². The number of carbonyl (C=O) groups is 4. The maximum Gasteiger partial charge on any atom is 0.405 e. The molecule has 0 spiro atoms. The number of nitrogens with two attached hydrogens (primary N) is 1. The van der Waals surface area contributed by atoms with Crippen molar-refractivity contribution in [1.82, 2.24) is 10.6 Å². The monoisotopic (exact) mass is 619 g/mol. The molecule has 7 atom stereocenters. The molecular formula is C31H45N3O10. The second kappa shape index (κ2) is 17.0. The average Bonchev–Trinajstić information content (AvgIpc) is 2.97. The van der Waals surface area contributed by atoms with Crippen molar-refractivity contribution < 1.29 is 48.7 Å². The van der Waals surface area contributed by atoms with Crippen LogP contribution in [0.5, 0.6) is 0 Å². The van der Waals surface area contributed by atoms with Crippen molar-refractivity contribution in [3.8, 4) is 0 Å². The van der Waals surface area contributed by atoms with E-state index in [9.17, 15) is 34.5 Å². The predicted octanol–water partition coefficient (Wildman–Crippen LogP) is 0.705. The van der Waals surface area contributed by atoms with Gasteiger partial charge in [0.2, 0.25) is 11.6 Å². The first-order valence-electron chi connectivity index (χ1n) is 14.3. The maximum absolute atomic E-state index is 13.6. The number of primary amides is 1. The van der Waals surface area contributed by atoms with Gasteiger partial charge in [0.1, 0.15) is 6.10 Å². The Morgan fingerprint density at radius 3 is 2.45 bits per heavy atom. The van der Waals surface area contributed by atoms with Crippen LogP contribution in [0.15, 0.2) is 58.5 Å². The van der Waals surface area contributed by atoms with Gasteiger partial charge in [-0.3, -0.25) is 14.4 Å². The van der Waals surface area contributed by atoms with E-state index in [1.807, 2.05) is 6.92 Å². The van der Waals surface area contributed by atoms with E-state index >= 15 is 0 Å². The summed E-state index contributed by atoms with van der Waals surface area (Å²) in [6.07, 6.45) is 2.00. The lowest BCUT2D eigenvalue weighted by atomic mass is 9.85. The van der Waals surface area contributed by atoms with Gasteiger partial charge >= 0.3 is 6.09 Å². The molecule has 2 amide bonds. The molecule has 0 radical (unpaired) electrons. The summed E-state index contributed by atoms with van der Waals surface area (Å²) in [5, 5.41) is 35.6.